The molecule has 0 radical (unpaired) electrons. The van der Waals surface area contributed by atoms with Gasteiger partial charge < -0.3 is 9.47 Å². The molecular formula is C26H38F2O3. The Labute approximate surface area is 185 Å². The molecule has 3 rings (SSSR count). The Morgan fingerprint density at radius 1 is 0.968 bits per heavy atom. The Kier molecular flexibility index (Phi) is 8.74. The van der Waals surface area contributed by atoms with Gasteiger partial charge in [-0.15, -0.1) is 0 Å². The highest BCUT2D eigenvalue weighted by Crippen LogP contribution is 2.52. The minimum atomic E-state index is -1.16. The van der Waals surface area contributed by atoms with E-state index in [0.29, 0.717) is 24.4 Å². The molecule has 0 atom stereocenters. The summed E-state index contributed by atoms with van der Waals surface area (Å²) in [5.74, 6) is -2.75. The molecule has 0 aliphatic heterocycles. The molecule has 0 saturated heterocycles. The highest BCUT2D eigenvalue weighted by Gasteiger charge is 2.41. The second-order valence-electron chi connectivity index (χ2n) is 9.53. The van der Waals surface area contributed by atoms with E-state index in [1.54, 1.807) is 0 Å². The van der Waals surface area contributed by atoms with Crippen LogP contribution in [0.25, 0.3) is 0 Å². The van der Waals surface area contributed by atoms with Gasteiger partial charge in [-0.3, -0.25) is 4.79 Å². The molecule has 0 N–H and O–H groups in total. The fourth-order valence-corrected chi connectivity index (χ4v) is 5.70. The third-order valence-corrected chi connectivity index (χ3v) is 7.49. The lowest BCUT2D eigenvalue weighted by Crippen LogP contribution is -2.37. The predicted molar refractivity (Wildman–Crippen MR) is 118 cm³/mol. The monoisotopic (exact) mass is 436 g/mol. The first-order valence-electron chi connectivity index (χ1n) is 12.3. The zero-order valence-corrected chi connectivity index (χ0v) is 19.2. The summed E-state index contributed by atoms with van der Waals surface area (Å²) in [5, 5.41) is 0. The van der Waals surface area contributed by atoms with Gasteiger partial charge in [0.05, 0.1) is 12.5 Å². The Bertz CT molecular complexity index is 720. The zero-order valence-electron chi connectivity index (χ0n) is 19.2. The van der Waals surface area contributed by atoms with E-state index in [1.807, 2.05) is 6.92 Å². The van der Waals surface area contributed by atoms with E-state index >= 15 is 0 Å². The SMILES string of the molecule is CCCCC1([C@H]2CC[C@H](C(=O)Oc3ccc(OCCC)c(F)c3F)CC2)CCCCC1. The van der Waals surface area contributed by atoms with Crippen LogP contribution in [-0.4, -0.2) is 12.6 Å². The molecule has 2 fully saturated rings. The predicted octanol–water partition coefficient (Wildman–Crippen LogP) is 7.61. The summed E-state index contributed by atoms with van der Waals surface area (Å²) in [6, 6.07) is 2.61. The molecule has 5 heteroatoms. The van der Waals surface area contributed by atoms with Crippen LogP contribution in [0.1, 0.15) is 97.3 Å². The van der Waals surface area contributed by atoms with Crippen molar-refractivity contribution in [3.63, 3.8) is 0 Å². The third kappa shape index (κ3) is 5.78. The van der Waals surface area contributed by atoms with Crippen molar-refractivity contribution >= 4 is 5.97 Å². The number of halogens is 2. The molecule has 0 amide bonds. The fourth-order valence-electron chi connectivity index (χ4n) is 5.70. The van der Waals surface area contributed by atoms with Crippen LogP contribution in [0, 0.1) is 28.9 Å². The van der Waals surface area contributed by atoms with E-state index < -0.39 is 17.6 Å². The van der Waals surface area contributed by atoms with Crippen LogP contribution in [0.4, 0.5) is 8.78 Å². The van der Waals surface area contributed by atoms with Crippen LogP contribution in [0.2, 0.25) is 0 Å². The maximum atomic E-state index is 14.4. The summed E-state index contributed by atoms with van der Waals surface area (Å²) < 4.78 is 39.0. The van der Waals surface area contributed by atoms with Gasteiger partial charge in [0.1, 0.15) is 0 Å². The first-order valence-corrected chi connectivity index (χ1v) is 12.3. The van der Waals surface area contributed by atoms with Gasteiger partial charge in [0.15, 0.2) is 11.5 Å². The molecule has 1 aromatic rings. The van der Waals surface area contributed by atoms with Crippen molar-refractivity contribution in [2.24, 2.45) is 17.3 Å². The van der Waals surface area contributed by atoms with Gasteiger partial charge in [0, 0.05) is 0 Å². The second-order valence-corrected chi connectivity index (χ2v) is 9.53. The van der Waals surface area contributed by atoms with Crippen molar-refractivity contribution in [2.75, 3.05) is 6.61 Å². The average molecular weight is 437 g/mol. The van der Waals surface area contributed by atoms with E-state index in [4.69, 9.17) is 9.47 Å². The van der Waals surface area contributed by atoms with Crippen molar-refractivity contribution in [3.05, 3.63) is 23.8 Å². The van der Waals surface area contributed by atoms with Crippen LogP contribution >= 0.6 is 0 Å². The van der Waals surface area contributed by atoms with Crippen LogP contribution < -0.4 is 9.47 Å². The fraction of sp³-hybridized carbons (Fsp3) is 0.731. The molecule has 174 valence electrons. The molecule has 0 unspecified atom stereocenters. The van der Waals surface area contributed by atoms with E-state index in [-0.39, 0.29) is 17.4 Å². The minimum Gasteiger partial charge on any atom is -0.490 e. The number of esters is 1. The van der Waals surface area contributed by atoms with E-state index in [0.717, 1.165) is 25.7 Å². The maximum Gasteiger partial charge on any atom is 0.314 e. The first kappa shape index (κ1) is 24.0. The standard InChI is InChI=1S/C26H38F2O3/c1-3-5-15-26(16-7-6-8-17-26)20-11-9-19(10-12-20)25(29)31-22-14-13-21(30-18-4-2)23(27)24(22)28/h13-14,19-20H,3-12,15-18H2,1-2H3/t19-,20-. The summed E-state index contributed by atoms with van der Waals surface area (Å²) in [5.41, 5.74) is 0.451. The number of benzene rings is 1. The number of carbonyl (C=O) groups is 1. The lowest BCUT2D eigenvalue weighted by atomic mass is 9.59. The molecule has 2 saturated carbocycles. The number of hydrogen-bond donors (Lipinski definition) is 0. The van der Waals surface area contributed by atoms with Gasteiger partial charge in [-0.05, 0) is 74.8 Å². The molecule has 0 spiro atoms. The van der Waals surface area contributed by atoms with E-state index in [2.05, 4.69) is 6.92 Å². The van der Waals surface area contributed by atoms with Gasteiger partial charge in [-0.2, -0.15) is 8.78 Å². The lowest BCUT2D eigenvalue weighted by Gasteiger charge is -2.46. The Balaban J connectivity index is 1.58. The van der Waals surface area contributed by atoms with Crippen molar-refractivity contribution in [1.82, 2.24) is 0 Å². The number of rotatable bonds is 9. The molecule has 0 bridgehead atoms. The Morgan fingerprint density at radius 3 is 2.26 bits per heavy atom. The summed E-state index contributed by atoms with van der Waals surface area (Å²) in [7, 11) is 0. The van der Waals surface area contributed by atoms with Gasteiger partial charge in [0.2, 0.25) is 11.6 Å². The zero-order chi connectivity index (χ0) is 22.3. The van der Waals surface area contributed by atoms with E-state index in [1.165, 1.54) is 63.5 Å². The molecule has 0 aromatic heterocycles. The molecule has 1 aromatic carbocycles. The smallest absolute Gasteiger partial charge is 0.314 e. The highest BCUT2D eigenvalue weighted by molar-refractivity contribution is 5.75. The lowest BCUT2D eigenvalue weighted by molar-refractivity contribution is -0.141. The van der Waals surface area contributed by atoms with Gasteiger partial charge in [-0.1, -0.05) is 46.0 Å². The first-order chi connectivity index (χ1) is 15.0. The van der Waals surface area contributed by atoms with Crippen LogP contribution in [0.15, 0.2) is 12.1 Å². The normalized spacial score (nSPS) is 23.4. The molecule has 2 aliphatic rings. The summed E-state index contributed by atoms with van der Waals surface area (Å²) in [6.07, 6.45) is 14.8. The van der Waals surface area contributed by atoms with Crippen LogP contribution in [-0.2, 0) is 4.79 Å². The summed E-state index contributed by atoms with van der Waals surface area (Å²) in [6.45, 7) is 4.45. The molecule has 2 aliphatic carbocycles. The van der Waals surface area contributed by atoms with Crippen molar-refractivity contribution in [3.8, 4) is 11.5 Å². The van der Waals surface area contributed by atoms with Crippen molar-refractivity contribution in [1.29, 1.82) is 0 Å². The minimum absolute atomic E-state index is 0.149. The number of carbonyl (C=O) groups excluding carboxylic acids is 1. The Hall–Kier alpha value is -1.65. The van der Waals surface area contributed by atoms with Crippen LogP contribution in [0.5, 0.6) is 11.5 Å². The quantitative estimate of drug-likeness (QED) is 0.295. The molecule has 0 heterocycles. The van der Waals surface area contributed by atoms with Gasteiger partial charge >= 0.3 is 5.97 Å². The molecule has 3 nitrogen and oxygen atoms in total. The largest absolute Gasteiger partial charge is 0.490 e. The second kappa shape index (κ2) is 11.3. The van der Waals surface area contributed by atoms with Crippen molar-refractivity contribution < 1.29 is 23.0 Å². The number of unbranched alkanes of at least 4 members (excludes halogenated alkanes) is 1. The van der Waals surface area contributed by atoms with Crippen molar-refractivity contribution in [2.45, 2.75) is 97.3 Å². The van der Waals surface area contributed by atoms with Gasteiger partial charge in [-0.25, -0.2) is 0 Å². The average Bonchev–Trinajstić information content (AvgIpc) is 2.81. The van der Waals surface area contributed by atoms with Crippen LogP contribution in [0.3, 0.4) is 0 Å². The summed E-state index contributed by atoms with van der Waals surface area (Å²) >= 11 is 0. The maximum absolute atomic E-state index is 14.4. The number of ether oxygens (including phenoxy) is 2. The Morgan fingerprint density at radius 2 is 1.61 bits per heavy atom. The highest BCUT2D eigenvalue weighted by atomic mass is 19.2. The topological polar surface area (TPSA) is 35.5 Å². The molecule has 31 heavy (non-hydrogen) atoms. The summed E-state index contributed by atoms with van der Waals surface area (Å²) in [4.78, 5) is 12.7. The number of hydrogen-bond acceptors (Lipinski definition) is 3. The molecular weight excluding hydrogens is 398 g/mol. The van der Waals surface area contributed by atoms with E-state index in [9.17, 15) is 13.6 Å². The third-order valence-electron chi connectivity index (χ3n) is 7.49. The van der Waals surface area contributed by atoms with Gasteiger partial charge in [0.25, 0.3) is 0 Å².